The number of piperidine rings is 1. The topological polar surface area (TPSA) is 41.1 Å². The fraction of sp³-hybridized carbons (Fsp3) is 0.500. The van der Waals surface area contributed by atoms with Crippen LogP contribution in [0.3, 0.4) is 0 Å². The Kier molecular flexibility index (Phi) is 8.38. The number of carbonyl (C=O) groups is 1. The molecular weight excluding hydrogens is 315 g/mol. The maximum absolute atomic E-state index is 11.8. The fourth-order valence-corrected chi connectivity index (χ4v) is 3.04. The number of halogens is 2. The zero-order chi connectivity index (χ0) is 13.5. The number of carbonyl (C=O) groups excluding carboxylic acids is 1. The van der Waals surface area contributed by atoms with E-state index in [1.54, 1.807) is 11.8 Å². The van der Waals surface area contributed by atoms with Gasteiger partial charge in [-0.2, -0.15) is 0 Å². The third-order valence-electron chi connectivity index (χ3n) is 3.12. The molecule has 1 saturated heterocycles. The Bertz CT molecular complexity index is 408. The first-order valence-electron chi connectivity index (χ1n) is 6.62. The minimum Gasteiger partial charge on any atom is -0.353 e. The second kappa shape index (κ2) is 9.50. The van der Waals surface area contributed by atoms with E-state index in [2.05, 4.69) is 10.6 Å². The first-order chi connectivity index (χ1) is 9.24. The average molecular weight is 335 g/mol. The highest BCUT2D eigenvalue weighted by Crippen LogP contribution is 2.20. The van der Waals surface area contributed by atoms with Gasteiger partial charge in [0, 0.05) is 28.1 Å². The standard InChI is InChI=1S/C14H19ClN2OS.ClH/c15-11-1-3-13(4-2-11)19-10-7-14(18)17-12-5-8-16-9-6-12;/h1-4,12,16H,5-10H2,(H,17,18);1H. The van der Waals surface area contributed by atoms with E-state index in [0.717, 1.165) is 41.6 Å². The summed E-state index contributed by atoms with van der Waals surface area (Å²) in [5, 5.41) is 7.14. The van der Waals surface area contributed by atoms with Crippen LogP contribution in [0.25, 0.3) is 0 Å². The van der Waals surface area contributed by atoms with E-state index in [1.165, 1.54) is 0 Å². The van der Waals surface area contributed by atoms with Gasteiger partial charge in [0.1, 0.15) is 0 Å². The molecule has 0 unspecified atom stereocenters. The lowest BCUT2D eigenvalue weighted by atomic mass is 10.1. The number of nitrogens with one attached hydrogen (secondary N) is 2. The largest absolute Gasteiger partial charge is 0.353 e. The molecule has 1 heterocycles. The minimum atomic E-state index is 0. The molecule has 1 aliphatic rings. The van der Waals surface area contributed by atoms with Crippen LogP contribution in [0.1, 0.15) is 19.3 Å². The van der Waals surface area contributed by atoms with E-state index in [4.69, 9.17) is 11.6 Å². The Labute approximate surface area is 135 Å². The van der Waals surface area contributed by atoms with Crippen LogP contribution in [-0.4, -0.2) is 30.8 Å². The highest BCUT2D eigenvalue weighted by Gasteiger charge is 2.14. The molecule has 1 fully saturated rings. The number of hydrogen-bond acceptors (Lipinski definition) is 3. The molecule has 1 aromatic rings. The number of rotatable bonds is 5. The molecule has 3 nitrogen and oxygen atoms in total. The second-order valence-electron chi connectivity index (χ2n) is 4.64. The van der Waals surface area contributed by atoms with E-state index in [1.807, 2.05) is 24.3 Å². The zero-order valence-corrected chi connectivity index (χ0v) is 13.6. The summed E-state index contributed by atoms with van der Waals surface area (Å²) in [7, 11) is 0. The smallest absolute Gasteiger partial charge is 0.221 e. The molecule has 1 amide bonds. The van der Waals surface area contributed by atoms with Crippen LogP contribution in [0, 0.1) is 0 Å². The molecule has 0 saturated carbocycles. The SMILES string of the molecule is Cl.O=C(CCSc1ccc(Cl)cc1)NC1CCNCC1. The summed E-state index contributed by atoms with van der Waals surface area (Å²) >= 11 is 7.51. The molecule has 1 aromatic carbocycles. The third kappa shape index (κ3) is 6.35. The van der Waals surface area contributed by atoms with E-state index in [-0.39, 0.29) is 18.3 Å². The molecule has 2 N–H and O–H groups in total. The molecule has 20 heavy (non-hydrogen) atoms. The van der Waals surface area contributed by atoms with Crippen molar-refractivity contribution in [3.63, 3.8) is 0 Å². The van der Waals surface area contributed by atoms with Gasteiger partial charge in [-0.15, -0.1) is 24.2 Å². The number of amides is 1. The van der Waals surface area contributed by atoms with Crippen molar-refractivity contribution in [2.75, 3.05) is 18.8 Å². The van der Waals surface area contributed by atoms with Gasteiger partial charge in [-0.3, -0.25) is 4.79 Å². The van der Waals surface area contributed by atoms with E-state index < -0.39 is 0 Å². The van der Waals surface area contributed by atoms with Crippen LogP contribution >= 0.6 is 35.8 Å². The molecule has 0 aromatic heterocycles. The summed E-state index contributed by atoms with van der Waals surface area (Å²) in [6.45, 7) is 2.01. The summed E-state index contributed by atoms with van der Waals surface area (Å²) < 4.78 is 0. The van der Waals surface area contributed by atoms with Gasteiger partial charge in [0.15, 0.2) is 0 Å². The molecular formula is C14H20Cl2N2OS. The van der Waals surface area contributed by atoms with Crippen LogP contribution in [0.5, 0.6) is 0 Å². The lowest BCUT2D eigenvalue weighted by Gasteiger charge is -2.23. The highest BCUT2D eigenvalue weighted by atomic mass is 35.5. The molecule has 0 radical (unpaired) electrons. The van der Waals surface area contributed by atoms with Crippen molar-refractivity contribution >= 4 is 41.7 Å². The lowest BCUT2D eigenvalue weighted by molar-refractivity contribution is -0.121. The highest BCUT2D eigenvalue weighted by molar-refractivity contribution is 7.99. The molecule has 2 rings (SSSR count). The lowest BCUT2D eigenvalue weighted by Crippen LogP contribution is -2.42. The summed E-state index contributed by atoms with van der Waals surface area (Å²) in [4.78, 5) is 12.9. The van der Waals surface area contributed by atoms with Gasteiger partial charge >= 0.3 is 0 Å². The molecule has 0 bridgehead atoms. The molecule has 0 spiro atoms. The summed E-state index contributed by atoms with van der Waals surface area (Å²) in [5.74, 6) is 0.965. The van der Waals surface area contributed by atoms with Crippen molar-refractivity contribution in [1.82, 2.24) is 10.6 Å². The van der Waals surface area contributed by atoms with Crippen LogP contribution in [0.4, 0.5) is 0 Å². The first kappa shape index (κ1) is 17.6. The number of hydrogen-bond donors (Lipinski definition) is 2. The zero-order valence-electron chi connectivity index (χ0n) is 11.2. The Hall–Kier alpha value is -0.420. The Morgan fingerprint density at radius 1 is 1.30 bits per heavy atom. The van der Waals surface area contributed by atoms with Crippen molar-refractivity contribution in [3.05, 3.63) is 29.3 Å². The number of benzene rings is 1. The van der Waals surface area contributed by atoms with Crippen molar-refractivity contribution in [3.8, 4) is 0 Å². The number of thioether (sulfide) groups is 1. The van der Waals surface area contributed by atoms with Crippen LogP contribution in [0.15, 0.2) is 29.2 Å². The van der Waals surface area contributed by atoms with E-state index in [0.29, 0.717) is 12.5 Å². The van der Waals surface area contributed by atoms with Crippen molar-refractivity contribution in [2.24, 2.45) is 0 Å². The predicted molar refractivity (Wildman–Crippen MR) is 88.1 cm³/mol. The average Bonchev–Trinajstić information content (AvgIpc) is 2.42. The van der Waals surface area contributed by atoms with Crippen LogP contribution in [0.2, 0.25) is 5.02 Å². The van der Waals surface area contributed by atoms with Gasteiger partial charge in [0.2, 0.25) is 5.91 Å². The van der Waals surface area contributed by atoms with E-state index in [9.17, 15) is 4.79 Å². The van der Waals surface area contributed by atoms with Crippen molar-refractivity contribution < 1.29 is 4.79 Å². The molecule has 0 atom stereocenters. The maximum atomic E-state index is 11.8. The van der Waals surface area contributed by atoms with Gasteiger partial charge in [-0.25, -0.2) is 0 Å². The normalized spacial score (nSPS) is 15.4. The Morgan fingerprint density at radius 2 is 1.95 bits per heavy atom. The van der Waals surface area contributed by atoms with E-state index >= 15 is 0 Å². The predicted octanol–water partition coefficient (Wildman–Crippen LogP) is 3.11. The van der Waals surface area contributed by atoms with Gasteiger partial charge in [-0.05, 0) is 50.2 Å². The quantitative estimate of drug-likeness (QED) is 0.813. The van der Waals surface area contributed by atoms with Gasteiger partial charge in [-0.1, -0.05) is 11.6 Å². The maximum Gasteiger partial charge on any atom is 0.221 e. The molecule has 6 heteroatoms. The minimum absolute atomic E-state index is 0. The van der Waals surface area contributed by atoms with Gasteiger partial charge in [0.25, 0.3) is 0 Å². The second-order valence-corrected chi connectivity index (χ2v) is 6.25. The van der Waals surface area contributed by atoms with Gasteiger partial charge in [0.05, 0.1) is 0 Å². The van der Waals surface area contributed by atoms with Crippen molar-refractivity contribution in [2.45, 2.75) is 30.2 Å². The van der Waals surface area contributed by atoms with Crippen molar-refractivity contribution in [1.29, 1.82) is 0 Å². The monoisotopic (exact) mass is 334 g/mol. The molecule has 0 aliphatic carbocycles. The molecule has 1 aliphatic heterocycles. The summed E-state index contributed by atoms with van der Waals surface area (Å²) in [5.41, 5.74) is 0. The first-order valence-corrected chi connectivity index (χ1v) is 7.99. The van der Waals surface area contributed by atoms with Crippen LogP contribution < -0.4 is 10.6 Å². The molecule has 112 valence electrons. The Balaban J connectivity index is 0.00000200. The summed E-state index contributed by atoms with van der Waals surface area (Å²) in [6, 6.07) is 8.07. The van der Waals surface area contributed by atoms with Gasteiger partial charge < -0.3 is 10.6 Å². The van der Waals surface area contributed by atoms with Crippen LogP contribution in [-0.2, 0) is 4.79 Å². The Morgan fingerprint density at radius 3 is 2.60 bits per heavy atom. The third-order valence-corrected chi connectivity index (χ3v) is 4.38. The summed E-state index contributed by atoms with van der Waals surface area (Å²) in [6.07, 6.45) is 2.64. The fourth-order valence-electron chi connectivity index (χ4n) is 2.06.